The maximum Gasteiger partial charge on any atom is 0.316 e. The highest BCUT2D eigenvalue weighted by atomic mass is 32.2. The molecule has 2 heterocycles. The molecular weight excluding hydrogens is 320 g/mol. The Morgan fingerprint density at radius 2 is 2.23 bits per heavy atom. The van der Waals surface area contributed by atoms with Crippen LogP contribution in [-0.4, -0.2) is 31.8 Å². The Morgan fingerprint density at radius 1 is 1.45 bits per heavy atom. The molecule has 0 atom stereocenters. The molecule has 0 fully saturated rings. The molecule has 0 saturated carbocycles. The fourth-order valence-electron chi connectivity index (χ4n) is 1.56. The molecule has 0 spiro atoms. The lowest BCUT2D eigenvalue weighted by Crippen LogP contribution is -2.25. The summed E-state index contributed by atoms with van der Waals surface area (Å²) in [6, 6.07) is 3.64. The van der Waals surface area contributed by atoms with Gasteiger partial charge in [0.05, 0.1) is 5.75 Å². The van der Waals surface area contributed by atoms with E-state index in [2.05, 4.69) is 9.98 Å². The molecule has 1 aliphatic rings. The number of thioether (sulfide) groups is 2. The Bertz CT molecular complexity index is 634. The molecule has 2 rings (SSSR count). The summed E-state index contributed by atoms with van der Waals surface area (Å²) in [4.78, 5) is 31.8. The number of pyridine rings is 1. The Balaban J connectivity index is 1.96. The third kappa shape index (κ3) is 5.31. The summed E-state index contributed by atoms with van der Waals surface area (Å²) in [7, 11) is 0. The highest BCUT2D eigenvalue weighted by Gasteiger charge is 2.24. The molecule has 0 saturated heterocycles. The van der Waals surface area contributed by atoms with E-state index in [1.807, 2.05) is 26.8 Å². The van der Waals surface area contributed by atoms with Crippen LogP contribution < -0.4 is 0 Å². The van der Waals surface area contributed by atoms with Crippen molar-refractivity contribution in [2.45, 2.75) is 26.4 Å². The zero-order valence-corrected chi connectivity index (χ0v) is 14.2. The summed E-state index contributed by atoms with van der Waals surface area (Å²) in [6.45, 7) is 5.45. The van der Waals surface area contributed by atoms with Crippen LogP contribution in [0.4, 0.5) is 0 Å². The van der Waals surface area contributed by atoms with Crippen molar-refractivity contribution >= 4 is 45.1 Å². The number of nitrogens with zero attached hydrogens (tertiary/aromatic N) is 2. The molecule has 116 valence electrons. The zero-order chi connectivity index (χ0) is 16.2. The number of carbonyl (C=O) groups excluding carboxylic acids is 2. The third-order valence-corrected chi connectivity index (χ3v) is 4.30. The van der Waals surface area contributed by atoms with E-state index in [0.717, 1.165) is 17.3 Å². The second-order valence-electron chi connectivity index (χ2n) is 5.46. The summed E-state index contributed by atoms with van der Waals surface area (Å²) in [5.74, 6) is -0.186. The van der Waals surface area contributed by atoms with Gasteiger partial charge in [0.1, 0.15) is 15.7 Å². The Labute approximate surface area is 137 Å². The summed E-state index contributed by atoms with van der Waals surface area (Å²) in [5.41, 5.74) is 0.669. The molecule has 0 N–H and O–H groups in total. The number of ether oxygens (including phenoxy) is 1. The van der Waals surface area contributed by atoms with Gasteiger partial charge in [-0.1, -0.05) is 17.8 Å². The van der Waals surface area contributed by atoms with E-state index < -0.39 is 5.60 Å². The molecule has 5 nitrogen and oxygen atoms in total. The molecular formula is C15H16N2O3S2. The number of rotatable bonds is 3. The van der Waals surface area contributed by atoms with E-state index in [4.69, 9.17) is 4.74 Å². The lowest BCUT2D eigenvalue weighted by molar-refractivity contribution is -0.151. The monoisotopic (exact) mass is 336 g/mol. The van der Waals surface area contributed by atoms with Gasteiger partial charge < -0.3 is 4.74 Å². The van der Waals surface area contributed by atoms with Crippen molar-refractivity contribution < 1.29 is 14.3 Å². The second-order valence-corrected chi connectivity index (χ2v) is 7.64. The van der Waals surface area contributed by atoms with Gasteiger partial charge in [-0.15, -0.1) is 0 Å². The van der Waals surface area contributed by atoms with Gasteiger partial charge in [0.2, 0.25) is 5.12 Å². The van der Waals surface area contributed by atoms with Gasteiger partial charge in [0, 0.05) is 12.4 Å². The maximum absolute atomic E-state index is 11.9. The lowest BCUT2D eigenvalue weighted by Gasteiger charge is -2.19. The Morgan fingerprint density at radius 3 is 2.86 bits per heavy atom. The van der Waals surface area contributed by atoms with Crippen LogP contribution in [0.1, 0.15) is 26.3 Å². The van der Waals surface area contributed by atoms with E-state index in [1.165, 1.54) is 11.8 Å². The summed E-state index contributed by atoms with van der Waals surface area (Å²) in [5, 5.41) is -0.129. The minimum atomic E-state index is -0.510. The van der Waals surface area contributed by atoms with Gasteiger partial charge in [0.15, 0.2) is 0 Å². The molecule has 0 aliphatic carbocycles. The topological polar surface area (TPSA) is 68.6 Å². The van der Waals surface area contributed by atoms with Crippen molar-refractivity contribution in [3.8, 4) is 0 Å². The maximum atomic E-state index is 11.9. The SMILES string of the molecule is CC(C)(C)OC(=O)CSC1=NC(=Cc2cccnc2)C(=O)S1. The number of aliphatic imine (C=N–C) groups is 1. The molecule has 7 heteroatoms. The predicted molar refractivity (Wildman–Crippen MR) is 90.6 cm³/mol. The molecule has 22 heavy (non-hydrogen) atoms. The molecule has 1 aromatic heterocycles. The second kappa shape index (κ2) is 7.11. The number of esters is 1. The number of hydrogen-bond acceptors (Lipinski definition) is 7. The van der Waals surface area contributed by atoms with Crippen molar-refractivity contribution in [1.29, 1.82) is 0 Å². The normalized spacial score (nSPS) is 16.8. The van der Waals surface area contributed by atoms with Gasteiger partial charge in [-0.3, -0.25) is 14.6 Å². The minimum absolute atomic E-state index is 0.129. The predicted octanol–water partition coefficient (Wildman–Crippen LogP) is 3.13. The summed E-state index contributed by atoms with van der Waals surface area (Å²) >= 11 is 2.24. The van der Waals surface area contributed by atoms with E-state index in [0.29, 0.717) is 10.1 Å². The summed E-state index contributed by atoms with van der Waals surface area (Å²) in [6.07, 6.45) is 5.01. The van der Waals surface area contributed by atoms with Crippen LogP contribution in [-0.2, 0) is 14.3 Å². The minimum Gasteiger partial charge on any atom is -0.459 e. The van der Waals surface area contributed by atoms with Crippen LogP contribution in [0.3, 0.4) is 0 Å². The Hall–Kier alpha value is -1.60. The fourth-order valence-corrected chi connectivity index (χ4v) is 3.18. The van der Waals surface area contributed by atoms with Crippen molar-refractivity contribution in [2.75, 3.05) is 5.75 Å². The lowest BCUT2D eigenvalue weighted by atomic mass is 10.2. The van der Waals surface area contributed by atoms with E-state index in [1.54, 1.807) is 24.5 Å². The molecule has 0 radical (unpaired) electrons. The summed E-state index contributed by atoms with van der Waals surface area (Å²) < 4.78 is 5.78. The van der Waals surface area contributed by atoms with E-state index in [-0.39, 0.29) is 16.8 Å². The number of carbonyl (C=O) groups is 2. The molecule has 1 aromatic rings. The highest BCUT2D eigenvalue weighted by molar-refractivity contribution is 8.45. The largest absolute Gasteiger partial charge is 0.459 e. The average Bonchev–Trinajstić information content (AvgIpc) is 2.76. The first-order chi connectivity index (χ1) is 10.3. The number of hydrogen-bond donors (Lipinski definition) is 0. The van der Waals surface area contributed by atoms with Gasteiger partial charge >= 0.3 is 5.97 Å². The van der Waals surface area contributed by atoms with Gasteiger partial charge in [-0.25, -0.2) is 4.99 Å². The zero-order valence-electron chi connectivity index (χ0n) is 12.5. The molecule has 0 unspecified atom stereocenters. The van der Waals surface area contributed by atoms with Gasteiger partial charge in [0.25, 0.3) is 0 Å². The third-order valence-electron chi connectivity index (χ3n) is 2.32. The van der Waals surface area contributed by atoms with E-state index in [9.17, 15) is 9.59 Å². The van der Waals surface area contributed by atoms with Crippen LogP contribution in [0.15, 0.2) is 35.2 Å². The average molecular weight is 336 g/mol. The van der Waals surface area contributed by atoms with E-state index >= 15 is 0 Å². The van der Waals surface area contributed by atoms with Gasteiger partial charge in [-0.05, 0) is 50.2 Å². The van der Waals surface area contributed by atoms with Crippen molar-refractivity contribution in [1.82, 2.24) is 4.98 Å². The van der Waals surface area contributed by atoms with Crippen LogP contribution in [0, 0.1) is 0 Å². The number of aromatic nitrogens is 1. The first-order valence-electron chi connectivity index (χ1n) is 6.61. The first-order valence-corrected chi connectivity index (χ1v) is 8.41. The van der Waals surface area contributed by atoms with Crippen LogP contribution in [0.2, 0.25) is 0 Å². The first kappa shape index (κ1) is 16.8. The van der Waals surface area contributed by atoms with Crippen molar-refractivity contribution in [2.24, 2.45) is 4.99 Å². The quantitative estimate of drug-likeness (QED) is 0.624. The molecule has 0 aromatic carbocycles. The van der Waals surface area contributed by atoms with Crippen molar-refractivity contribution in [3.05, 3.63) is 35.8 Å². The van der Waals surface area contributed by atoms with Crippen LogP contribution >= 0.6 is 23.5 Å². The highest BCUT2D eigenvalue weighted by Crippen LogP contribution is 2.31. The molecule has 1 aliphatic heterocycles. The van der Waals surface area contributed by atoms with Crippen molar-refractivity contribution in [3.63, 3.8) is 0 Å². The van der Waals surface area contributed by atoms with Crippen LogP contribution in [0.5, 0.6) is 0 Å². The Kier molecular flexibility index (Phi) is 5.42. The molecule has 0 bridgehead atoms. The standard InChI is InChI=1S/C15H16N2O3S2/c1-15(2,3)20-12(18)9-21-14-17-11(13(19)22-14)7-10-5-4-6-16-8-10/h4-8H,9H2,1-3H3. The smallest absolute Gasteiger partial charge is 0.316 e. The fraction of sp³-hybridized carbons (Fsp3) is 0.333. The molecule has 0 amide bonds. The van der Waals surface area contributed by atoms with Gasteiger partial charge in [-0.2, -0.15) is 0 Å². The van der Waals surface area contributed by atoms with Crippen LogP contribution in [0.25, 0.3) is 6.08 Å².